The zero-order valence-electron chi connectivity index (χ0n) is 14.6. The van der Waals surface area contributed by atoms with Crippen molar-refractivity contribution in [3.63, 3.8) is 0 Å². The zero-order chi connectivity index (χ0) is 19.5. The molecule has 0 amide bonds. The first-order chi connectivity index (χ1) is 13.6. The molecule has 0 atom stereocenters. The van der Waals surface area contributed by atoms with Crippen molar-refractivity contribution in [1.82, 2.24) is 19.5 Å². The summed E-state index contributed by atoms with van der Waals surface area (Å²) >= 11 is 12.3. The van der Waals surface area contributed by atoms with E-state index in [1.165, 1.54) is 12.5 Å². The molecule has 9 heteroatoms. The fourth-order valence-electron chi connectivity index (χ4n) is 2.82. The SMILES string of the molecule is NCCn1ccc2ncnc(Nc3ccc(Oc4cncc(Cl)c4)c(Cl)c3)c21. The minimum absolute atomic E-state index is 0.438. The Labute approximate surface area is 171 Å². The number of halogens is 2. The molecule has 142 valence electrons. The number of pyridine rings is 1. The van der Waals surface area contributed by atoms with Crippen LogP contribution in [-0.4, -0.2) is 26.1 Å². The second-order valence-electron chi connectivity index (χ2n) is 5.97. The van der Waals surface area contributed by atoms with E-state index in [1.807, 2.05) is 22.9 Å². The van der Waals surface area contributed by atoms with Crippen molar-refractivity contribution in [2.75, 3.05) is 11.9 Å². The normalized spacial score (nSPS) is 11.0. The Balaban J connectivity index is 1.60. The molecule has 0 unspecified atom stereocenters. The summed E-state index contributed by atoms with van der Waals surface area (Å²) in [5.41, 5.74) is 8.18. The van der Waals surface area contributed by atoms with Gasteiger partial charge in [0.15, 0.2) is 5.82 Å². The third-order valence-electron chi connectivity index (χ3n) is 4.02. The largest absolute Gasteiger partial charge is 0.454 e. The lowest BCUT2D eigenvalue weighted by Crippen LogP contribution is -2.10. The van der Waals surface area contributed by atoms with Crippen LogP contribution in [0.5, 0.6) is 11.5 Å². The van der Waals surface area contributed by atoms with E-state index in [9.17, 15) is 0 Å². The highest BCUT2D eigenvalue weighted by atomic mass is 35.5. The van der Waals surface area contributed by atoms with Gasteiger partial charge in [-0.3, -0.25) is 4.98 Å². The Kier molecular flexibility index (Phi) is 5.29. The van der Waals surface area contributed by atoms with Crippen molar-refractivity contribution in [2.24, 2.45) is 5.73 Å². The Morgan fingerprint density at radius 2 is 2.00 bits per heavy atom. The standard InChI is InChI=1S/C19H16Cl2N6O/c20-12-7-14(10-23-9-12)28-17-2-1-13(8-15(17)21)26-19-18-16(24-11-25-19)3-5-27(18)6-4-22/h1-3,5,7-11H,4,6,22H2,(H,24,25,26). The summed E-state index contributed by atoms with van der Waals surface area (Å²) in [6, 6.07) is 8.98. The molecule has 0 aliphatic rings. The Bertz CT molecular complexity index is 1130. The summed E-state index contributed by atoms with van der Waals surface area (Å²) in [5, 5.41) is 4.21. The number of nitrogens with two attached hydrogens (primary N) is 1. The highest BCUT2D eigenvalue weighted by Crippen LogP contribution is 2.33. The highest BCUT2D eigenvalue weighted by molar-refractivity contribution is 6.32. The number of nitrogens with zero attached hydrogens (tertiary/aromatic N) is 4. The molecule has 0 aliphatic carbocycles. The van der Waals surface area contributed by atoms with E-state index in [-0.39, 0.29) is 0 Å². The molecule has 3 N–H and O–H groups in total. The minimum Gasteiger partial charge on any atom is -0.454 e. The molecular formula is C19H16Cl2N6O. The number of nitrogens with one attached hydrogen (secondary N) is 1. The van der Waals surface area contributed by atoms with Crippen LogP contribution in [-0.2, 0) is 6.54 Å². The predicted molar refractivity (Wildman–Crippen MR) is 111 cm³/mol. The van der Waals surface area contributed by atoms with Crippen molar-refractivity contribution in [2.45, 2.75) is 6.54 Å². The summed E-state index contributed by atoms with van der Waals surface area (Å²) < 4.78 is 7.77. The number of aromatic nitrogens is 4. The Morgan fingerprint density at radius 1 is 1.11 bits per heavy atom. The van der Waals surface area contributed by atoms with Gasteiger partial charge in [0.2, 0.25) is 0 Å². The summed E-state index contributed by atoms with van der Waals surface area (Å²) in [6.45, 7) is 1.20. The van der Waals surface area contributed by atoms with Crippen LogP contribution in [0.4, 0.5) is 11.5 Å². The van der Waals surface area contributed by atoms with Crippen LogP contribution in [0.3, 0.4) is 0 Å². The molecule has 0 radical (unpaired) electrons. The van der Waals surface area contributed by atoms with Gasteiger partial charge >= 0.3 is 0 Å². The van der Waals surface area contributed by atoms with Crippen LogP contribution < -0.4 is 15.8 Å². The van der Waals surface area contributed by atoms with Gasteiger partial charge in [0.05, 0.1) is 21.8 Å². The first-order valence-electron chi connectivity index (χ1n) is 8.49. The first kappa shape index (κ1) is 18.5. The molecule has 4 aromatic rings. The van der Waals surface area contributed by atoms with Crippen LogP contribution in [0.1, 0.15) is 0 Å². The minimum atomic E-state index is 0.438. The molecule has 0 saturated heterocycles. The molecule has 0 aliphatic heterocycles. The Morgan fingerprint density at radius 3 is 2.79 bits per heavy atom. The molecule has 28 heavy (non-hydrogen) atoms. The lowest BCUT2D eigenvalue weighted by molar-refractivity contribution is 0.480. The third-order valence-corrected chi connectivity index (χ3v) is 4.52. The number of hydrogen-bond donors (Lipinski definition) is 2. The van der Waals surface area contributed by atoms with Crippen molar-refractivity contribution >= 4 is 45.7 Å². The number of rotatable bonds is 6. The monoisotopic (exact) mass is 414 g/mol. The van der Waals surface area contributed by atoms with E-state index in [0.717, 1.165) is 16.7 Å². The van der Waals surface area contributed by atoms with Crippen molar-refractivity contribution in [1.29, 1.82) is 0 Å². The summed E-state index contributed by atoms with van der Waals surface area (Å²) in [6.07, 6.45) is 6.56. The second kappa shape index (κ2) is 8.02. The van der Waals surface area contributed by atoms with Gasteiger partial charge in [0.25, 0.3) is 0 Å². The van der Waals surface area contributed by atoms with Gasteiger partial charge in [-0.15, -0.1) is 0 Å². The Hall–Kier alpha value is -2.87. The van der Waals surface area contributed by atoms with E-state index >= 15 is 0 Å². The lowest BCUT2D eigenvalue weighted by Gasteiger charge is -2.12. The average molecular weight is 415 g/mol. The lowest BCUT2D eigenvalue weighted by atomic mass is 10.3. The van der Waals surface area contributed by atoms with Crippen LogP contribution in [0.2, 0.25) is 10.0 Å². The predicted octanol–water partition coefficient (Wildman–Crippen LogP) is 4.63. The molecule has 4 rings (SSSR count). The van der Waals surface area contributed by atoms with Gasteiger partial charge in [-0.2, -0.15) is 0 Å². The zero-order valence-corrected chi connectivity index (χ0v) is 16.2. The molecule has 3 heterocycles. The molecule has 7 nitrogen and oxygen atoms in total. The molecule has 0 fully saturated rings. The third kappa shape index (κ3) is 3.87. The van der Waals surface area contributed by atoms with Crippen LogP contribution in [0.15, 0.2) is 55.2 Å². The molecule has 0 bridgehead atoms. The maximum absolute atomic E-state index is 6.39. The van der Waals surface area contributed by atoms with E-state index in [2.05, 4.69) is 20.3 Å². The van der Waals surface area contributed by atoms with Gasteiger partial charge in [-0.25, -0.2) is 9.97 Å². The number of anilines is 2. The molecular weight excluding hydrogens is 399 g/mol. The average Bonchev–Trinajstić information content (AvgIpc) is 3.09. The first-order valence-corrected chi connectivity index (χ1v) is 9.24. The fourth-order valence-corrected chi connectivity index (χ4v) is 3.21. The van der Waals surface area contributed by atoms with Gasteiger partial charge < -0.3 is 20.4 Å². The van der Waals surface area contributed by atoms with Crippen molar-refractivity contribution in [3.8, 4) is 11.5 Å². The van der Waals surface area contributed by atoms with Crippen molar-refractivity contribution < 1.29 is 4.74 Å². The second-order valence-corrected chi connectivity index (χ2v) is 6.81. The highest BCUT2D eigenvalue weighted by Gasteiger charge is 2.11. The van der Waals surface area contributed by atoms with Crippen LogP contribution in [0.25, 0.3) is 11.0 Å². The van der Waals surface area contributed by atoms with E-state index in [0.29, 0.717) is 40.5 Å². The van der Waals surface area contributed by atoms with Gasteiger partial charge in [0, 0.05) is 37.2 Å². The van der Waals surface area contributed by atoms with Crippen LogP contribution in [0, 0.1) is 0 Å². The van der Waals surface area contributed by atoms with E-state index in [4.69, 9.17) is 33.7 Å². The van der Waals surface area contributed by atoms with Gasteiger partial charge in [-0.1, -0.05) is 23.2 Å². The van der Waals surface area contributed by atoms with Crippen LogP contribution >= 0.6 is 23.2 Å². The number of benzene rings is 1. The smallest absolute Gasteiger partial charge is 0.158 e. The fraction of sp³-hybridized carbons (Fsp3) is 0.105. The molecule has 0 spiro atoms. The molecule has 3 aromatic heterocycles. The van der Waals surface area contributed by atoms with Gasteiger partial charge in [0.1, 0.15) is 23.3 Å². The van der Waals surface area contributed by atoms with Gasteiger partial charge in [-0.05, 0) is 24.3 Å². The number of ether oxygens (including phenoxy) is 1. The summed E-state index contributed by atoms with van der Waals surface area (Å²) in [4.78, 5) is 12.7. The number of fused-ring (bicyclic) bond motifs is 1. The summed E-state index contributed by atoms with van der Waals surface area (Å²) in [7, 11) is 0. The molecule has 0 saturated carbocycles. The maximum Gasteiger partial charge on any atom is 0.158 e. The summed E-state index contributed by atoms with van der Waals surface area (Å²) in [5.74, 6) is 1.68. The topological polar surface area (TPSA) is 90.9 Å². The van der Waals surface area contributed by atoms with E-state index in [1.54, 1.807) is 24.4 Å². The molecule has 1 aromatic carbocycles. The van der Waals surface area contributed by atoms with E-state index < -0.39 is 0 Å². The maximum atomic E-state index is 6.39. The number of hydrogen-bond acceptors (Lipinski definition) is 6. The quantitative estimate of drug-likeness (QED) is 0.477. The van der Waals surface area contributed by atoms with Crippen molar-refractivity contribution in [3.05, 3.63) is 65.3 Å².